The normalized spacial score (nSPS) is 11.3. The van der Waals surface area contributed by atoms with Gasteiger partial charge in [0.2, 0.25) is 0 Å². The first-order valence-corrected chi connectivity index (χ1v) is 19.2. The Labute approximate surface area is 319 Å². The summed E-state index contributed by atoms with van der Waals surface area (Å²) >= 11 is 1.88. The summed E-state index contributed by atoms with van der Waals surface area (Å²) in [4.78, 5) is 2.34. The third-order valence-electron chi connectivity index (χ3n) is 10.5. The number of hydrogen-bond donors (Lipinski definition) is 0. The van der Waals surface area contributed by atoms with Crippen LogP contribution >= 0.6 is 11.3 Å². The SMILES string of the molecule is c1ccc(-c2ccc(-c3ccc(N(c4ccccc4)c4ccc(-c5cccc6c5sc5ccccc56)cc4)cc3)cc2-c2cccc3ccccc23)cc1. The van der Waals surface area contributed by atoms with Crippen molar-refractivity contribution in [3.05, 3.63) is 212 Å². The van der Waals surface area contributed by atoms with Gasteiger partial charge in [-0.25, -0.2) is 0 Å². The van der Waals surface area contributed by atoms with E-state index >= 15 is 0 Å². The summed E-state index contributed by atoms with van der Waals surface area (Å²) < 4.78 is 2.66. The van der Waals surface area contributed by atoms with Crippen LogP contribution in [0.1, 0.15) is 0 Å². The fourth-order valence-corrected chi connectivity index (χ4v) is 9.11. The molecule has 0 bridgehead atoms. The van der Waals surface area contributed by atoms with Gasteiger partial charge >= 0.3 is 0 Å². The lowest BCUT2D eigenvalue weighted by Gasteiger charge is -2.26. The van der Waals surface area contributed by atoms with Crippen LogP contribution < -0.4 is 4.90 Å². The molecule has 0 atom stereocenters. The smallest absolute Gasteiger partial charge is 0.0462 e. The second-order valence-electron chi connectivity index (χ2n) is 13.7. The minimum Gasteiger partial charge on any atom is -0.311 e. The zero-order chi connectivity index (χ0) is 35.8. The molecule has 0 aliphatic heterocycles. The van der Waals surface area contributed by atoms with Crippen molar-refractivity contribution < 1.29 is 0 Å². The van der Waals surface area contributed by atoms with Gasteiger partial charge < -0.3 is 4.90 Å². The lowest BCUT2D eigenvalue weighted by atomic mass is 9.89. The highest BCUT2D eigenvalue weighted by molar-refractivity contribution is 7.26. The second kappa shape index (κ2) is 13.7. The number of rotatable bonds is 7. The Bertz CT molecular complexity index is 2900. The van der Waals surface area contributed by atoms with E-state index in [0.29, 0.717) is 0 Å². The minimum atomic E-state index is 1.11. The van der Waals surface area contributed by atoms with E-state index in [9.17, 15) is 0 Å². The molecule has 1 heterocycles. The van der Waals surface area contributed by atoms with Crippen molar-refractivity contribution in [1.82, 2.24) is 0 Å². The van der Waals surface area contributed by atoms with Crippen LogP contribution in [0.15, 0.2) is 212 Å². The van der Waals surface area contributed by atoms with E-state index in [1.165, 1.54) is 75.5 Å². The minimum absolute atomic E-state index is 1.11. The maximum Gasteiger partial charge on any atom is 0.0462 e. The van der Waals surface area contributed by atoms with Crippen LogP contribution in [0.25, 0.3) is 75.5 Å². The highest BCUT2D eigenvalue weighted by atomic mass is 32.1. The average Bonchev–Trinajstić information content (AvgIpc) is 3.64. The molecule has 254 valence electrons. The van der Waals surface area contributed by atoms with Crippen molar-refractivity contribution in [2.45, 2.75) is 0 Å². The number of para-hydroxylation sites is 1. The molecule has 0 saturated heterocycles. The van der Waals surface area contributed by atoms with E-state index in [-0.39, 0.29) is 0 Å². The number of fused-ring (bicyclic) bond motifs is 4. The molecule has 10 aromatic rings. The van der Waals surface area contributed by atoms with E-state index in [2.05, 4.69) is 217 Å². The van der Waals surface area contributed by atoms with E-state index in [1.807, 2.05) is 11.3 Å². The van der Waals surface area contributed by atoms with Gasteiger partial charge in [-0.05, 0) is 104 Å². The standard InChI is InChI=1S/C52H35NS/c1-3-13-37(14-4-1)45-34-29-40(35-50(45)47-22-11-16-38-15-7-8-19-44(38)47)36-25-30-42(31-26-36)53(41-17-5-2-6-18-41)43-32-27-39(28-33-43)46-21-12-23-49-48-20-9-10-24-51(48)54-52(46)49/h1-35H. The first kappa shape index (κ1) is 32.0. The second-order valence-corrected chi connectivity index (χ2v) is 14.8. The average molecular weight is 706 g/mol. The fourth-order valence-electron chi connectivity index (χ4n) is 7.87. The van der Waals surface area contributed by atoms with Gasteiger partial charge in [-0.3, -0.25) is 0 Å². The molecule has 0 aliphatic rings. The zero-order valence-electron chi connectivity index (χ0n) is 29.6. The summed E-state index contributed by atoms with van der Waals surface area (Å²) in [6, 6.07) is 77.0. The molecule has 0 saturated carbocycles. The van der Waals surface area contributed by atoms with E-state index in [0.717, 1.165) is 17.1 Å². The summed E-state index contributed by atoms with van der Waals surface area (Å²) in [5, 5.41) is 5.15. The lowest BCUT2D eigenvalue weighted by molar-refractivity contribution is 1.28. The molecule has 0 N–H and O–H groups in total. The third kappa shape index (κ3) is 5.74. The largest absolute Gasteiger partial charge is 0.311 e. The first-order chi connectivity index (χ1) is 26.8. The summed E-state index contributed by atoms with van der Waals surface area (Å²) in [7, 11) is 0. The Morgan fingerprint density at radius 2 is 0.833 bits per heavy atom. The summed E-state index contributed by atoms with van der Waals surface area (Å²) in [6.45, 7) is 0. The molecule has 0 spiro atoms. The molecular formula is C52H35NS. The van der Waals surface area contributed by atoms with Crippen LogP contribution in [0, 0.1) is 0 Å². The maximum absolute atomic E-state index is 2.37. The molecule has 9 aromatic carbocycles. The van der Waals surface area contributed by atoms with Gasteiger partial charge in [-0.2, -0.15) is 0 Å². The highest BCUT2D eigenvalue weighted by Gasteiger charge is 2.16. The number of benzene rings is 9. The number of hydrogen-bond acceptors (Lipinski definition) is 2. The molecule has 0 radical (unpaired) electrons. The zero-order valence-corrected chi connectivity index (χ0v) is 30.4. The summed E-state index contributed by atoms with van der Waals surface area (Å²) in [5.74, 6) is 0. The van der Waals surface area contributed by atoms with Crippen molar-refractivity contribution in [1.29, 1.82) is 0 Å². The number of anilines is 3. The molecule has 0 unspecified atom stereocenters. The molecular weight excluding hydrogens is 671 g/mol. The van der Waals surface area contributed by atoms with Gasteiger partial charge in [-0.15, -0.1) is 11.3 Å². The van der Waals surface area contributed by atoms with Crippen molar-refractivity contribution >= 4 is 59.3 Å². The summed E-state index contributed by atoms with van der Waals surface area (Å²) in [6.07, 6.45) is 0. The molecule has 0 aliphatic carbocycles. The third-order valence-corrected chi connectivity index (χ3v) is 11.7. The Kier molecular flexibility index (Phi) is 8.09. The number of nitrogens with zero attached hydrogens (tertiary/aromatic N) is 1. The molecule has 0 amide bonds. The number of thiophene rings is 1. The molecule has 2 heteroatoms. The Balaban J connectivity index is 1.03. The molecule has 0 fully saturated rings. The monoisotopic (exact) mass is 705 g/mol. The van der Waals surface area contributed by atoms with Crippen LogP contribution in [0.3, 0.4) is 0 Å². The van der Waals surface area contributed by atoms with Crippen LogP contribution in [-0.4, -0.2) is 0 Å². The first-order valence-electron chi connectivity index (χ1n) is 18.4. The summed E-state index contributed by atoms with van der Waals surface area (Å²) in [5.41, 5.74) is 13.1. The van der Waals surface area contributed by atoms with Gasteiger partial charge in [0.05, 0.1) is 0 Å². The molecule has 1 aromatic heterocycles. The van der Waals surface area contributed by atoms with Crippen molar-refractivity contribution in [2.75, 3.05) is 4.90 Å². The Hall–Kier alpha value is -6.74. The highest BCUT2D eigenvalue weighted by Crippen LogP contribution is 2.43. The van der Waals surface area contributed by atoms with E-state index in [1.54, 1.807) is 0 Å². The van der Waals surface area contributed by atoms with Crippen molar-refractivity contribution in [3.63, 3.8) is 0 Å². The lowest BCUT2D eigenvalue weighted by Crippen LogP contribution is -2.09. The van der Waals surface area contributed by atoms with E-state index < -0.39 is 0 Å². The van der Waals surface area contributed by atoms with Crippen LogP contribution in [0.5, 0.6) is 0 Å². The van der Waals surface area contributed by atoms with Gasteiger partial charge in [-0.1, -0.05) is 164 Å². The topological polar surface area (TPSA) is 3.24 Å². The Morgan fingerprint density at radius 3 is 1.61 bits per heavy atom. The van der Waals surface area contributed by atoms with Crippen molar-refractivity contribution in [2.24, 2.45) is 0 Å². The predicted molar refractivity (Wildman–Crippen MR) is 233 cm³/mol. The van der Waals surface area contributed by atoms with E-state index in [4.69, 9.17) is 0 Å². The fraction of sp³-hybridized carbons (Fsp3) is 0. The van der Waals surface area contributed by atoms with Crippen LogP contribution in [0.2, 0.25) is 0 Å². The van der Waals surface area contributed by atoms with Crippen molar-refractivity contribution in [3.8, 4) is 44.5 Å². The molecule has 1 nitrogen and oxygen atoms in total. The quantitative estimate of drug-likeness (QED) is 0.160. The maximum atomic E-state index is 2.37. The van der Waals surface area contributed by atoms with Gasteiger partial charge in [0.25, 0.3) is 0 Å². The van der Waals surface area contributed by atoms with Gasteiger partial charge in [0.1, 0.15) is 0 Å². The predicted octanol–water partition coefficient (Wildman–Crippen LogP) is 15.3. The Morgan fingerprint density at radius 1 is 0.296 bits per heavy atom. The van der Waals surface area contributed by atoms with Crippen LogP contribution in [-0.2, 0) is 0 Å². The van der Waals surface area contributed by atoms with Gasteiger partial charge in [0.15, 0.2) is 0 Å². The molecule has 54 heavy (non-hydrogen) atoms. The van der Waals surface area contributed by atoms with Gasteiger partial charge in [0, 0.05) is 37.2 Å². The van der Waals surface area contributed by atoms with Crippen LogP contribution in [0.4, 0.5) is 17.1 Å². The molecule has 10 rings (SSSR count).